The van der Waals surface area contributed by atoms with E-state index >= 15 is 0 Å². The van der Waals surface area contributed by atoms with Gasteiger partial charge in [-0.3, -0.25) is 4.98 Å². The first-order chi connectivity index (χ1) is 8.95. The molecule has 0 aliphatic carbocycles. The van der Waals surface area contributed by atoms with Crippen molar-refractivity contribution in [2.45, 2.75) is 0 Å². The fourth-order valence-corrected chi connectivity index (χ4v) is 2.08. The van der Waals surface area contributed by atoms with Gasteiger partial charge in [-0.25, -0.2) is 0 Å². The van der Waals surface area contributed by atoms with E-state index in [9.17, 15) is 0 Å². The van der Waals surface area contributed by atoms with E-state index in [2.05, 4.69) is 47.4 Å². The molecule has 0 fully saturated rings. The topological polar surface area (TPSA) is 12.9 Å². The van der Waals surface area contributed by atoms with Crippen LogP contribution in [0.2, 0.25) is 0 Å². The van der Waals surface area contributed by atoms with Gasteiger partial charge in [0.2, 0.25) is 0 Å². The van der Waals surface area contributed by atoms with Gasteiger partial charge in [0.05, 0.1) is 5.69 Å². The third-order valence-electron chi connectivity index (χ3n) is 2.94. The van der Waals surface area contributed by atoms with E-state index in [1.807, 2.05) is 36.5 Å². The molecule has 0 aliphatic rings. The number of pyridine rings is 1. The first-order valence-electron chi connectivity index (χ1n) is 6.01. The summed E-state index contributed by atoms with van der Waals surface area (Å²) >= 11 is 0. The molecule has 1 aromatic heterocycles. The molecule has 95 valence electrons. The van der Waals surface area contributed by atoms with Crippen LogP contribution in [-0.2, 0) is 20.1 Å². The molecular formula is C17H13IrN. The van der Waals surface area contributed by atoms with Gasteiger partial charge in [-0.05, 0) is 11.6 Å². The van der Waals surface area contributed by atoms with Gasteiger partial charge in [0.25, 0.3) is 0 Å². The smallest absolute Gasteiger partial charge is 0.0780 e. The summed E-state index contributed by atoms with van der Waals surface area (Å²) in [6, 6.07) is 24.7. The molecule has 0 aliphatic heterocycles. The van der Waals surface area contributed by atoms with E-state index in [-0.39, 0.29) is 20.1 Å². The van der Waals surface area contributed by atoms with E-state index in [1.54, 1.807) is 0 Å². The van der Waals surface area contributed by atoms with Gasteiger partial charge in [-0.2, -0.15) is 0 Å². The summed E-state index contributed by atoms with van der Waals surface area (Å²) in [5.74, 6) is 0. The van der Waals surface area contributed by atoms with Crippen molar-refractivity contribution in [3.05, 3.63) is 79.0 Å². The van der Waals surface area contributed by atoms with Gasteiger partial charge >= 0.3 is 0 Å². The summed E-state index contributed by atoms with van der Waals surface area (Å²) in [5, 5.41) is 0. The van der Waals surface area contributed by atoms with Crippen molar-refractivity contribution in [1.82, 2.24) is 4.98 Å². The maximum absolute atomic E-state index is 4.53. The van der Waals surface area contributed by atoms with Gasteiger partial charge in [0.1, 0.15) is 0 Å². The van der Waals surface area contributed by atoms with Crippen LogP contribution < -0.4 is 0 Å². The SMILES string of the molecule is [Ir].c1ccc(-c2cccnc2-c2ccccc2)cc1. The summed E-state index contributed by atoms with van der Waals surface area (Å²) < 4.78 is 0. The first kappa shape index (κ1) is 13.7. The molecule has 19 heavy (non-hydrogen) atoms. The minimum atomic E-state index is 0. The predicted molar refractivity (Wildman–Crippen MR) is 75.1 cm³/mol. The largest absolute Gasteiger partial charge is 0.256 e. The maximum atomic E-state index is 4.53. The molecule has 3 aromatic rings. The third kappa shape index (κ3) is 2.98. The van der Waals surface area contributed by atoms with Crippen LogP contribution in [-0.4, -0.2) is 4.98 Å². The minimum Gasteiger partial charge on any atom is -0.256 e. The van der Waals surface area contributed by atoms with Crippen molar-refractivity contribution in [2.75, 3.05) is 0 Å². The fraction of sp³-hybridized carbons (Fsp3) is 0. The van der Waals surface area contributed by atoms with Gasteiger partial charge in [-0.15, -0.1) is 0 Å². The van der Waals surface area contributed by atoms with Crippen LogP contribution >= 0.6 is 0 Å². The Kier molecular flexibility index (Phi) is 4.62. The quantitative estimate of drug-likeness (QED) is 0.595. The molecule has 0 spiro atoms. The molecule has 1 radical (unpaired) electrons. The van der Waals surface area contributed by atoms with Crippen molar-refractivity contribution in [3.8, 4) is 22.4 Å². The van der Waals surface area contributed by atoms with Crippen molar-refractivity contribution >= 4 is 0 Å². The minimum absolute atomic E-state index is 0. The molecule has 2 aromatic carbocycles. The zero-order valence-electron chi connectivity index (χ0n) is 10.3. The Morgan fingerprint density at radius 2 is 1.16 bits per heavy atom. The van der Waals surface area contributed by atoms with Crippen molar-refractivity contribution in [1.29, 1.82) is 0 Å². The first-order valence-corrected chi connectivity index (χ1v) is 6.01. The standard InChI is InChI=1S/C17H13N.Ir/c1-3-8-14(9-4-1)16-12-7-13-18-17(16)15-10-5-2-6-11-15;/h1-13H;. The second kappa shape index (κ2) is 6.42. The van der Waals surface area contributed by atoms with Crippen molar-refractivity contribution in [3.63, 3.8) is 0 Å². The number of nitrogens with zero attached hydrogens (tertiary/aromatic N) is 1. The monoisotopic (exact) mass is 424 g/mol. The molecule has 0 saturated heterocycles. The Hall–Kier alpha value is -1.76. The van der Waals surface area contributed by atoms with Crippen LogP contribution in [0.15, 0.2) is 79.0 Å². The summed E-state index contributed by atoms with van der Waals surface area (Å²) in [6.45, 7) is 0. The number of hydrogen-bond donors (Lipinski definition) is 0. The van der Waals surface area contributed by atoms with Crippen LogP contribution in [0.5, 0.6) is 0 Å². The van der Waals surface area contributed by atoms with Crippen LogP contribution in [0.4, 0.5) is 0 Å². The third-order valence-corrected chi connectivity index (χ3v) is 2.94. The molecule has 2 heteroatoms. The van der Waals surface area contributed by atoms with Crippen molar-refractivity contribution in [2.24, 2.45) is 0 Å². The van der Waals surface area contributed by atoms with Gasteiger partial charge in [-0.1, -0.05) is 66.7 Å². The average molecular weight is 424 g/mol. The Morgan fingerprint density at radius 1 is 0.579 bits per heavy atom. The summed E-state index contributed by atoms with van der Waals surface area (Å²) in [4.78, 5) is 4.53. The van der Waals surface area contributed by atoms with E-state index in [4.69, 9.17) is 0 Å². The molecule has 0 amide bonds. The molecular weight excluding hydrogens is 410 g/mol. The van der Waals surface area contributed by atoms with E-state index in [1.165, 1.54) is 11.1 Å². The molecule has 0 atom stereocenters. The Morgan fingerprint density at radius 3 is 1.79 bits per heavy atom. The second-order valence-corrected chi connectivity index (χ2v) is 4.13. The van der Waals surface area contributed by atoms with Gasteiger partial charge in [0, 0.05) is 37.4 Å². The Labute approximate surface area is 126 Å². The molecule has 1 nitrogen and oxygen atoms in total. The Bertz CT molecular complexity index is 577. The van der Waals surface area contributed by atoms with Crippen LogP contribution in [0.25, 0.3) is 22.4 Å². The second-order valence-electron chi connectivity index (χ2n) is 4.13. The summed E-state index contributed by atoms with van der Waals surface area (Å²) in [5.41, 5.74) is 4.55. The van der Waals surface area contributed by atoms with Crippen LogP contribution in [0, 0.1) is 0 Å². The van der Waals surface area contributed by atoms with E-state index < -0.39 is 0 Å². The molecule has 0 saturated carbocycles. The summed E-state index contributed by atoms with van der Waals surface area (Å²) in [6.07, 6.45) is 1.84. The summed E-state index contributed by atoms with van der Waals surface area (Å²) in [7, 11) is 0. The predicted octanol–water partition coefficient (Wildman–Crippen LogP) is 4.41. The van der Waals surface area contributed by atoms with E-state index in [0.29, 0.717) is 0 Å². The molecule has 0 unspecified atom stereocenters. The molecule has 0 bridgehead atoms. The Balaban J connectivity index is 0.00000133. The molecule has 1 heterocycles. The number of benzene rings is 2. The van der Waals surface area contributed by atoms with Crippen molar-refractivity contribution < 1.29 is 20.1 Å². The van der Waals surface area contributed by atoms with E-state index in [0.717, 1.165) is 11.3 Å². The number of aromatic nitrogens is 1. The number of hydrogen-bond acceptors (Lipinski definition) is 1. The van der Waals surface area contributed by atoms with Crippen LogP contribution in [0.1, 0.15) is 0 Å². The molecule has 0 N–H and O–H groups in total. The van der Waals surface area contributed by atoms with Gasteiger partial charge < -0.3 is 0 Å². The zero-order valence-corrected chi connectivity index (χ0v) is 12.7. The average Bonchev–Trinajstić information content (AvgIpc) is 2.49. The van der Waals surface area contributed by atoms with Gasteiger partial charge in [0.15, 0.2) is 0 Å². The fourth-order valence-electron chi connectivity index (χ4n) is 2.08. The number of rotatable bonds is 2. The normalized spacial score (nSPS) is 9.68. The molecule has 3 rings (SSSR count). The van der Waals surface area contributed by atoms with Crippen LogP contribution in [0.3, 0.4) is 0 Å². The zero-order chi connectivity index (χ0) is 12.2. The maximum Gasteiger partial charge on any atom is 0.0780 e.